The van der Waals surface area contributed by atoms with Crippen LogP contribution in [0.5, 0.6) is 0 Å². The Morgan fingerprint density at radius 2 is 2.37 bits per heavy atom. The van der Waals surface area contributed by atoms with Gasteiger partial charge in [-0.2, -0.15) is 4.98 Å². The van der Waals surface area contributed by atoms with Crippen LogP contribution in [0.15, 0.2) is 28.8 Å². The van der Waals surface area contributed by atoms with Crippen LogP contribution in [0.1, 0.15) is 36.7 Å². The molecule has 2 heterocycles. The third kappa shape index (κ3) is 2.66. The van der Waals surface area contributed by atoms with E-state index < -0.39 is 0 Å². The second kappa shape index (κ2) is 5.09. The summed E-state index contributed by atoms with van der Waals surface area (Å²) in [5.41, 5.74) is 0.847. The van der Waals surface area contributed by atoms with Crippen molar-refractivity contribution in [1.29, 1.82) is 0 Å². The van der Waals surface area contributed by atoms with Crippen molar-refractivity contribution in [3.8, 4) is 0 Å². The van der Waals surface area contributed by atoms with Gasteiger partial charge in [-0.1, -0.05) is 24.2 Å². The fraction of sp³-hybridized carbons (Fsp3) is 0.429. The zero-order chi connectivity index (χ0) is 13.2. The Bertz CT molecular complexity index is 569. The largest absolute Gasteiger partial charge is 0.338 e. The summed E-state index contributed by atoms with van der Waals surface area (Å²) in [4.78, 5) is 4.40. The van der Waals surface area contributed by atoms with E-state index in [4.69, 9.17) is 4.52 Å². The van der Waals surface area contributed by atoms with Gasteiger partial charge in [-0.05, 0) is 36.6 Å². The lowest BCUT2D eigenvalue weighted by Gasteiger charge is -2.09. The van der Waals surface area contributed by atoms with E-state index in [-0.39, 0.29) is 11.9 Å². The lowest BCUT2D eigenvalue weighted by Crippen LogP contribution is -2.16. The van der Waals surface area contributed by atoms with Gasteiger partial charge in [-0.3, -0.25) is 0 Å². The second-order valence-corrected chi connectivity index (χ2v) is 5.05. The van der Waals surface area contributed by atoms with Crippen LogP contribution in [0.25, 0.3) is 0 Å². The predicted octanol–water partition coefficient (Wildman–Crippen LogP) is 2.47. The maximum Gasteiger partial charge on any atom is 0.244 e. The molecule has 2 aromatic rings. The molecule has 1 aliphatic heterocycles. The van der Waals surface area contributed by atoms with Crippen molar-refractivity contribution in [3.05, 3.63) is 47.4 Å². The van der Waals surface area contributed by atoms with Gasteiger partial charge in [0.15, 0.2) is 5.82 Å². The van der Waals surface area contributed by atoms with Crippen LogP contribution in [0.3, 0.4) is 0 Å². The molecule has 1 aliphatic rings. The summed E-state index contributed by atoms with van der Waals surface area (Å²) in [6.07, 6.45) is 1.61. The van der Waals surface area contributed by atoms with Crippen molar-refractivity contribution in [2.75, 3.05) is 6.54 Å². The maximum atomic E-state index is 13.1. The van der Waals surface area contributed by atoms with Crippen molar-refractivity contribution in [3.63, 3.8) is 0 Å². The highest BCUT2D eigenvalue weighted by atomic mass is 19.1. The van der Waals surface area contributed by atoms with Gasteiger partial charge >= 0.3 is 0 Å². The molecular weight excluding hydrogens is 245 g/mol. The van der Waals surface area contributed by atoms with Crippen molar-refractivity contribution in [1.82, 2.24) is 15.5 Å². The monoisotopic (exact) mass is 261 g/mol. The Balaban J connectivity index is 1.74. The van der Waals surface area contributed by atoms with E-state index in [0.717, 1.165) is 18.5 Å². The van der Waals surface area contributed by atoms with E-state index >= 15 is 0 Å². The highest BCUT2D eigenvalue weighted by Crippen LogP contribution is 2.27. The van der Waals surface area contributed by atoms with Crippen LogP contribution in [0, 0.1) is 11.7 Å². The second-order valence-electron chi connectivity index (χ2n) is 5.05. The molecule has 2 atom stereocenters. The predicted molar refractivity (Wildman–Crippen MR) is 68.0 cm³/mol. The van der Waals surface area contributed by atoms with Crippen LogP contribution >= 0.6 is 0 Å². The molecule has 0 radical (unpaired) electrons. The third-order valence-electron chi connectivity index (χ3n) is 3.53. The average molecular weight is 261 g/mol. The molecule has 0 spiro atoms. The van der Waals surface area contributed by atoms with E-state index in [1.165, 1.54) is 12.1 Å². The summed E-state index contributed by atoms with van der Waals surface area (Å²) < 4.78 is 18.4. The van der Waals surface area contributed by atoms with E-state index in [1.807, 2.05) is 6.07 Å². The number of rotatable bonds is 3. The van der Waals surface area contributed by atoms with Crippen molar-refractivity contribution in [2.45, 2.75) is 25.8 Å². The van der Waals surface area contributed by atoms with Gasteiger partial charge < -0.3 is 9.84 Å². The van der Waals surface area contributed by atoms with Gasteiger partial charge in [0.2, 0.25) is 5.89 Å². The van der Waals surface area contributed by atoms with Crippen LogP contribution in [0.4, 0.5) is 4.39 Å². The first-order chi connectivity index (χ1) is 9.22. The Labute approximate surface area is 111 Å². The summed E-state index contributed by atoms with van der Waals surface area (Å²) >= 11 is 0. The van der Waals surface area contributed by atoms with Gasteiger partial charge in [0.05, 0.1) is 6.04 Å². The summed E-state index contributed by atoms with van der Waals surface area (Å²) in [5, 5.41) is 7.32. The molecule has 2 unspecified atom stereocenters. The molecule has 1 fully saturated rings. The topological polar surface area (TPSA) is 51.0 Å². The van der Waals surface area contributed by atoms with Crippen LogP contribution in [-0.4, -0.2) is 16.7 Å². The number of nitrogens with one attached hydrogen (secondary N) is 1. The first kappa shape index (κ1) is 12.3. The lowest BCUT2D eigenvalue weighted by molar-refractivity contribution is 0.317. The van der Waals surface area contributed by atoms with Crippen molar-refractivity contribution >= 4 is 0 Å². The van der Waals surface area contributed by atoms with E-state index in [9.17, 15) is 4.39 Å². The molecular formula is C14H16FN3O. The Kier molecular flexibility index (Phi) is 3.29. The molecule has 0 aliphatic carbocycles. The molecule has 4 nitrogen and oxygen atoms in total. The SMILES string of the molecule is CC1CCNC1c1nc(Cc2cccc(F)c2)no1. The summed E-state index contributed by atoms with van der Waals surface area (Å²) in [6.45, 7) is 3.15. The van der Waals surface area contributed by atoms with Gasteiger partial charge in [-0.15, -0.1) is 0 Å². The summed E-state index contributed by atoms with van der Waals surface area (Å²) in [5.74, 6) is 1.49. The molecule has 5 heteroatoms. The van der Waals surface area contributed by atoms with E-state index in [2.05, 4.69) is 22.4 Å². The minimum atomic E-state index is -0.243. The molecule has 3 rings (SSSR count). The van der Waals surface area contributed by atoms with E-state index in [1.54, 1.807) is 6.07 Å². The fourth-order valence-corrected chi connectivity index (χ4v) is 2.46. The van der Waals surface area contributed by atoms with Crippen LogP contribution < -0.4 is 5.32 Å². The first-order valence-corrected chi connectivity index (χ1v) is 6.52. The molecule has 1 aromatic heterocycles. The van der Waals surface area contributed by atoms with Gasteiger partial charge in [-0.25, -0.2) is 4.39 Å². The van der Waals surface area contributed by atoms with E-state index in [0.29, 0.717) is 24.1 Å². The molecule has 0 saturated carbocycles. The standard InChI is InChI=1S/C14H16FN3O/c1-9-5-6-16-13(9)14-17-12(18-19-14)8-10-3-2-4-11(15)7-10/h2-4,7,9,13,16H,5-6,8H2,1H3. The van der Waals surface area contributed by atoms with Crippen LogP contribution in [0.2, 0.25) is 0 Å². The Hall–Kier alpha value is -1.75. The number of nitrogens with zero attached hydrogens (tertiary/aromatic N) is 2. The minimum absolute atomic E-state index is 0.147. The number of benzene rings is 1. The Morgan fingerprint density at radius 3 is 3.11 bits per heavy atom. The molecule has 19 heavy (non-hydrogen) atoms. The van der Waals surface area contributed by atoms with Crippen molar-refractivity contribution < 1.29 is 8.91 Å². The molecule has 0 amide bonds. The van der Waals surface area contributed by atoms with Gasteiger partial charge in [0, 0.05) is 6.42 Å². The fourth-order valence-electron chi connectivity index (χ4n) is 2.46. The minimum Gasteiger partial charge on any atom is -0.338 e. The molecule has 0 bridgehead atoms. The highest BCUT2D eigenvalue weighted by molar-refractivity contribution is 5.19. The normalized spacial score (nSPS) is 22.8. The van der Waals surface area contributed by atoms with Crippen LogP contribution in [-0.2, 0) is 6.42 Å². The maximum absolute atomic E-state index is 13.1. The number of halogens is 1. The molecule has 1 aromatic carbocycles. The quantitative estimate of drug-likeness (QED) is 0.922. The van der Waals surface area contributed by atoms with Gasteiger partial charge in [0.1, 0.15) is 5.82 Å². The number of aromatic nitrogens is 2. The highest BCUT2D eigenvalue weighted by Gasteiger charge is 2.29. The Morgan fingerprint density at radius 1 is 1.47 bits per heavy atom. The molecule has 100 valence electrons. The number of hydrogen-bond donors (Lipinski definition) is 1. The first-order valence-electron chi connectivity index (χ1n) is 6.52. The third-order valence-corrected chi connectivity index (χ3v) is 3.53. The molecule has 1 saturated heterocycles. The smallest absolute Gasteiger partial charge is 0.244 e. The summed E-state index contributed by atoms with van der Waals surface area (Å²) in [7, 11) is 0. The summed E-state index contributed by atoms with van der Waals surface area (Å²) in [6, 6.07) is 6.61. The van der Waals surface area contributed by atoms with Crippen molar-refractivity contribution in [2.24, 2.45) is 5.92 Å². The lowest BCUT2D eigenvalue weighted by atomic mass is 10.0. The number of hydrogen-bond acceptors (Lipinski definition) is 4. The average Bonchev–Trinajstić information content (AvgIpc) is 2.98. The van der Waals surface area contributed by atoms with Gasteiger partial charge in [0.25, 0.3) is 0 Å². The zero-order valence-electron chi connectivity index (χ0n) is 10.8. The zero-order valence-corrected chi connectivity index (χ0v) is 10.8. The molecule has 1 N–H and O–H groups in total.